The summed E-state index contributed by atoms with van der Waals surface area (Å²) in [7, 11) is 0. The van der Waals surface area contributed by atoms with E-state index in [1.54, 1.807) is 19.2 Å². The van der Waals surface area contributed by atoms with Crippen LogP contribution in [0.5, 0.6) is 0 Å². The van der Waals surface area contributed by atoms with Crippen LogP contribution in [-0.4, -0.2) is 16.1 Å². The predicted octanol–water partition coefficient (Wildman–Crippen LogP) is 2.22. The van der Waals surface area contributed by atoms with Crippen LogP contribution in [-0.2, 0) is 11.2 Å². The van der Waals surface area contributed by atoms with Crippen molar-refractivity contribution in [2.45, 2.75) is 32.6 Å². The first-order valence-corrected chi connectivity index (χ1v) is 4.83. The van der Waals surface area contributed by atoms with Crippen molar-refractivity contribution in [1.29, 1.82) is 0 Å². The molecular formula is C11H15NO2. The molecule has 1 unspecified atom stereocenters. The quantitative estimate of drug-likeness (QED) is 0.797. The van der Waals surface area contributed by atoms with Crippen LogP contribution in [0, 0.1) is 0 Å². The van der Waals surface area contributed by atoms with E-state index in [-0.39, 0.29) is 0 Å². The summed E-state index contributed by atoms with van der Waals surface area (Å²) in [5.41, 5.74) is 1.74. The summed E-state index contributed by atoms with van der Waals surface area (Å²) in [5.74, 6) is -1.26. The lowest BCUT2D eigenvalue weighted by Crippen LogP contribution is -2.10. The maximum atomic E-state index is 10.8. The molecule has 76 valence electrons. The molecule has 1 aromatic heterocycles. The molecule has 0 saturated heterocycles. The summed E-state index contributed by atoms with van der Waals surface area (Å²) in [6.07, 6.45) is 3.53. The van der Waals surface area contributed by atoms with Gasteiger partial charge in [0, 0.05) is 11.9 Å². The highest BCUT2D eigenvalue weighted by molar-refractivity contribution is 5.75. The Morgan fingerprint density at radius 1 is 1.64 bits per heavy atom. The van der Waals surface area contributed by atoms with E-state index in [0.29, 0.717) is 0 Å². The molecule has 1 aromatic rings. The van der Waals surface area contributed by atoms with Gasteiger partial charge >= 0.3 is 5.97 Å². The van der Waals surface area contributed by atoms with Gasteiger partial charge in [0.05, 0.1) is 5.92 Å². The van der Waals surface area contributed by atoms with E-state index >= 15 is 0 Å². The van der Waals surface area contributed by atoms with Gasteiger partial charge in [0.1, 0.15) is 0 Å². The number of hydrogen-bond donors (Lipinski definition) is 1. The third kappa shape index (κ3) is 2.31. The maximum Gasteiger partial charge on any atom is 0.310 e. The number of hydrogen-bond acceptors (Lipinski definition) is 2. The van der Waals surface area contributed by atoms with E-state index in [0.717, 1.165) is 24.1 Å². The molecule has 1 rings (SSSR count). The lowest BCUT2D eigenvalue weighted by Gasteiger charge is -2.10. The summed E-state index contributed by atoms with van der Waals surface area (Å²) in [6.45, 7) is 3.75. The van der Waals surface area contributed by atoms with Gasteiger partial charge in [-0.3, -0.25) is 9.78 Å². The summed E-state index contributed by atoms with van der Waals surface area (Å²) >= 11 is 0. The van der Waals surface area contributed by atoms with Crippen molar-refractivity contribution >= 4 is 5.97 Å². The SMILES string of the molecule is CCCc1ncccc1C(C)C(=O)O. The Morgan fingerprint density at radius 2 is 2.36 bits per heavy atom. The minimum absolute atomic E-state index is 0.467. The van der Waals surface area contributed by atoms with Gasteiger partial charge in [-0.05, 0) is 25.0 Å². The highest BCUT2D eigenvalue weighted by Crippen LogP contribution is 2.19. The Morgan fingerprint density at radius 3 is 2.93 bits per heavy atom. The molecule has 0 amide bonds. The number of aliphatic carboxylic acids is 1. The zero-order chi connectivity index (χ0) is 10.6. The maximum absolute atomic E-state index is 10.8. The highest BCUT2D eigenvalue weighted by Gasteiger charge is 2.16. The van der Waals surface area contributed by atoms with Crippen LogP contribution in [0.3, 0.4) is 0 Å². The molecule has 0 aliphatic carbocycles. The third-order valence-electron chi connectivity index (χ3n) is 2.25. The summed E-state index contributed by atoms with van der Waals surface area (Å²) in [6, 6.07) is 3.63. The number of pyridine rings is 1. The smallest absolute Gasteiger partial charge is 0.310 e. The van der Waals surface area contributed by atoms with E-state index < -0.39 is 11.9 Å². The van der Waals surface area contributed by atoms with Gasteiger partial charge in [0.2, 0.25) is 0 Å². The molecule has 1 N–H and O–H groups in total. The van der Waals surface area contributed by atoms with E-state index in [1.165, 1.54) is 0 Å². The minimum Gasteiger partial charge on any atom is -0.481 e. The van der Waals surface area contributed by atoms with Gasteiger partial charge in [0.15, 0.2) is 0 Å². The topological polar surface area (TPSA) is 50.2 Å². The number of rotatable bonds is 4. The van der Waals surface area contributed by atoms with Gasteiger partial charge in [-0.15, -0.1) is 0 Å². The average molecular weight is 193 g/mol. The Balaban J connectivity index is 3.00. The second-order valence-electron chi connectivity index (χ2n) is 3.35. The van der Waals surface area contributed by atoms with Crippen molar-refractivity contribution < 1.29 is 9.90 Å². The molecule has 0 aliphatic rings. The van der Waals surface area contributed by atoms with Crippen molar-refractivity contribution in [3.8, 4) is 0 Å². The van der Waals surface area contributed by atoms with Crippen LogP contribution >= 0.6 is 0 Å². The molecule has 0 fully saturated rings. The average Bonchev–Trinajstić information content (AvgIpc) is 2.18. The fourth-order valence-electron chi connectivity index (χ4n) is 1.42. The Labute approximate surface area is 83.8 Å². The van der Waals surface area contributed by atoms with Gasteiger partial charge in [0.25, 0.3) is 0 Å². The van der Waals surface area contributed by atoms with Crippen molar-refractivity contribution in [2.24, 2.45) is 0 Å². The van der Waals surface area contributed by atoms with Gasteiger partial charge in [-0.1, -0.05) is 19.4 Å². The minimum atomic E-state index is -0.796. The first-order chi connectivity index (χ1) is 6.66. The molecule has 3 nitrogen and oxygen atoms in total. The molecule has 0 bridgehead atoms. The molecule has 3 heteroatoms. The molecule has 0 spiro atoms. The van der Waals surface area contributed by atoms with Crippen LogP contribution in [0.4, 0.5) is 0 Å². The highest BCUT2D eigenvalue weighted by atomic mass is 16.4. The predicted molar refractivity (Wildman–Crippen MR) is 54.3 cm³/mol. The number of carboxylic acid groups (broad SMARTS) is 1. The Hall–Kier alpha value is -1.38. The Kier molecular flexibility index (Phi) is 3.63. The molecule has 1 heterocycles. The molecule has 0 radical (unpaired) electrons. The Bertz CT molecular complexity index is 323. The van der Waals surface area contributed by atoms with E-state index in [4.69, 9.17) is 5.11 Å². The van der Waals surface area contributed by atoms with E-state index in [9.17, 15) is 4.79 Å². The largest absolute Gasteiger partial charge is 0.481 e. The van der Waals surface area contributed by atoms with Crippen LogP contribution in [0.25, 0.3) is 0 Å². The number of carboxylic acids is 1. The second kappa shape index (κ2) is 4.74. The first-order valence-electron chi connectivity index (χ1n) is 4.83. The summed E-state index contributed by atoms with van der Waals surface area (Å²) in [4.78, 5) is 15.0. The molecule has 1 atom stereocenters. The lowest BCUT2D eigenvalue weighted by molar-refractivity contribution is -0.138. The number of aryl methyl sites for hydroxylation is 1. The molecule has 0 saturated carbocycles. The molecular weight excluding hydrogens is 178 g/mol. The fraction of sp³-hybridized carbons (Fsp3) is 0.455. The van der Waals surface area contributed by atoms with Gasteiger partial charge in [-0.25, -0.2) is 0 Å². The normalized spacial score (nSPS) is 12.4. The van der Waals surface area contributed by atoms with E-state index in [2.05, 4.69) is 11.9 Å². The van der Waals surface area contributed by atoms with Crippen molar-refractivity contribution in [3.05, 3.63) is 29.6 Å². The summed E-state index contributed by atoms with van der Waals surface area (Å²) < 4.78 is 0. The fourth-order valence-corrected chi connectivity index (χ4v) is 1.42. The van der Waals surface area contributed by atoms with Crippen LogP contribution in [0.15, 0.2) is 18.3 Å². The van der Waals surface area contributed by atoms with Gasteiger partial charge < -0.3 is 5.11 Å². The molecule has 14 heavy (non-hydrogen) atoms. The molecule has 0 aliphatic heterocycles. The zero-order valence-electron chi connectivity index (χ0n) is 8.53. The molecule has 0 aromatic carbocycles. The van der Waals surface area contributed by atoms with Crippen molar-refractivity contribution in [3.63, 3.8) is 0 Å². The van der Waals surface area contributed by atoms with Crippen LogP contribution in [0.1, 0.15) is 37.4 Å². The van der Waals surface area contributed by atoms with Crippen molar-refractivity contribution in [1.82, 2.24) is 4.98 Å². The number of aromatic nitrogens is 1. The van der Waals surface area contributed by atoms with Crippen LogP contribution in [0.2, 0.25) is 0 Å². The first kappa shape index (κ1) is 10.7. The summed E-state index contributed by atoms with van der Waals surface area (Å²) in [5, 5.41) is 8.90. The van der Waals surface area contributed by atoms with Crippen LogP contribution < -0.4 is 0 Å². The number of carbonyl (C=O) groups is 1. The van der Waals surface area contributed by atoms with Gasteiger partial charge in [-0.2, -0.15) is 0 Å². The standard InChI is InChI=1S/C11H15NO2/c1-3-5-10-9(6-4-7-12-10)8(2)11(13)14/h4,6-8H,3,5H2,1-2H3,(H,13,14). The van der Waals surface area contributed by atoms with E-state index in [1.807, 2.05) is 6.07 Å². The number of nitrogens with zero attached hydrogens (tertiary/aromatic N) is 1. The second-order valence-corrected chi connectivity index (χ2v) is 3.35. The van der Waals surface area contributed by atoms with Crippen molar-refractivity contribution in [2.75, 3.05) is 0 Å². The zero-order valence-corrected chi connectivity index (χ0v) is 8.53. The lowest BCUT2D eigenvalue weighted by atomic mass is 9.98. The third-order valence-corrected chi connectivity index (χ3v) is 2.25. The monoisotopic (exact) mass is 193 g/mol.